The SMILES string of the molecule is CC(CN)CNCC(N)Cc1ccc([N+](=O)[O-])cc1. The number of hydrogen-bond donors (Lipinski definition) is 3. The van der Waals surface area contributed by atoms with Crippen molar-refractivity contribution in [2.45, 2.75) is 19.4 Å². The van der Waals surface area contributed by atoms with Gasteiger partial charge in [-0.2, -0.15) is 0 Å². The van der Waals surface area contributed by atoms with Crippen LogP contribution in [0, 0.1) is 16.0 Å². The van der Waals surface area contributed by atoms with Gasteiger partial charge < -0.3 is 16.8 Å². The summed E-state index contributed by atoms with van der Waals surface area (Å²) in [7, 11) is 0. The Morgan fingerprint density at radius 1 is 1.32 bits per heavy atom. The highest BCUT2D eigenvalue weighted by molar-refractivity contribution is 5.33. The number of nitrogens with two attached hydrogens (primary N) is 2. The molecule has 5 N–H and O–H groups in total. The van der Waals surface area contributed by atoms with Gasteiger partial charge in [-0.05, 0) is 31.0 Å². The van der Waals surface area contributed by atoms with Crippen LogP contribution in [0.2, 0.25) is 0 Å². The highest BCUT2D eigenvalue weighted by atomic mass is 16.6. The number of rotatable bonds is 8. The second kappa shape index (κ2) is 7.83. The zero-order valence-electron chi connectivity index (χ0n) is 11.2. The molecule has 0 aliphatic heterocycles. The molecule has 0 saturated heterocycles. The van der Waals surface area contributed by atoms with Crippen molar-refractivity contribution in [3.05, 3.63) is 39.9 Å². The fraction of sp³-hybridized carbons (Fsp3) is 0.538. The first-order chi connectivity index (χ1) is 9.02. The summed E-state index contributed by atoms with van der Waals surface area (Å²) in [5, 5.41) is 13.8. The van der Waals surface area contributed by atoms with Gasteiger partial charge in [-0.1, -0.05) is 19.1 Å². The van der Waals surface area contributed by atoms with Crippen LogP contribution in [0.25, 0.3) is 0 Å². The van der Waals surface area contributed by atoms with Crippen molar-refractivity contribution in [1.29, 1.82) is 0 Å². The molecule has 2 atom stereocenters. The maximum Gasteiger partial charge on any atom is 0.269 e. The number of hydrogen-bond acceptors (Lipinski definition) is 5. The van der Waals surface area contributed by atoms with Gasteiger partial charge in [-0.25, -0.2) is 0 Å². The van der Waals surface area contributed by atoms with Crippen LogP contribution in [0.3, 0.4) is 0 Å². The van der Waals surface area contributed by atoms with Gasteiger partial charge in [-0.3, -0.25) is 10.1 Å². The number of nitrogens with one attached hydrogen (secondary N) is 1. The average Bonchev–Trinajstić information content (AvgIpc) is 2.39. The van der Waals surface area contributed by atoms with Gasteiger partial charge >= 0.3 is 0 Å². The lowest BCUT2D eigenvalue weighted by Gasteiger charge is -2.15. The molecule has 0 bridgehead atoms. The van der Waals surface area contributed by atoms with Gasteiger partial charge in [0, 0.05) is 24.7 Å². The van der Waals surface area contributed by atoms with Crippen molar-refractivity contribution in [2.24, 2.45) is 17.4 Å². The van der Waals surface area contributed by atoms with E-state index in [9.17, 15) is 10.1 Å². The molecule has 19 heavy (non-hydrogen) atoms. The van der Waals surface area contributed by atoms with Crippen LogP contribution in [-0.4, -0.2) is 30.6 Å². The molecular weight excluding hydrogens is 244 g/mol. The summed E-state index contributed by atoms with van der Waals surface area (Å²) >= 11 is 0. The summed E-state index contributed by atoms with van der Waals surface area (Å²) in [6.45, 7) is 4.30. The number of non-ortho nitro benzene ring substituents is 1. The van der Waals surface area contributed by atoms with E-state index in [0.29, 0.717) is 25.4 Å². The summed E-state index contributed by atoms with van der Waals surface area (Å²) in [6.07, 6.45) is 0.696. The first-order valence-electron chi connectivity index (χ1n) is 6.42. The summed E-state index contributed by atoms with van der Waals surface area (Å²) in [4.78, 5) is 10.1. The molecule has 106 valence electrons. The minimum absolute atomic E-state index is 0.00793. The zero-order valence-corrected chi connectivity index (χ0v) is 11.2. The second-order valence-corrected chi connectivity index (χ2v) is 4.89. The van der Waals surface area contributed by atoms with E-state index in [2.05, 4.69) is 12.2 Å². The van der Waals surface area contributed by atoms with E-state index in [0.717, 1.165) is 12.1 Å². The van der Waals surface area contributed by atoms with Crippen LogP contribution < -0.4 is 16.8 Å². The molecule has 0 heterocycles. The maximum atomic E-state index is 10.5. The molecule has 0 aromatic heterocycles. The van der Waals surface area contributed by atoms with Gasteiger partial charge in [0.15, 0.2) is 0 Å². The van der Waals surface area contributed by atoms with E-state index in [-0.39, 0.29) is 11.7 Å². The van der Waals surface area contributed by atoms with Crippen LogP contribution >= 0.6 is 0 Å². The minimum atomic E-state index is -0.403. The van der Waals surface area contributed by atoms with Crippen LogP contribution in [0.15, 0.2) is 24.3 Å². The van der Waals surface area contributed by atoms with E-state index < -0.39 is 4.92 Å². The summed E-state index contributed by atoms with van der Waals surface area (Å²) < 4.78 is 0. The number of nitro benzene ring substituents is 1. The average molecular weight is 266 g/mol. The van der Waals surface area contributed by atoms with Gasteiger partial charge in [0.05, 0.1) is 4.92 Å². The second-order valence-electron chi connectivity index (χ2n) is 4.89. The molecule has 0 aliphatic rings. The predicted molar refractivity (Wildman–Crippen MR) is 75.9 cm³/mol. The molecule has 2 unspecified atom stereocenters. The molecule has 1 aromatic carbocycles. The Morgan fingerprint density at radius 3 is 2.47 bits per heavy atom. The summed E-state index contributed by atoms with van der Waals surface area (Å²) in [5.74, 6) is 0.437. The summed E-state index contributed by atoms with van der Waals surface area (Å²) in [5.41, 5.74) is 12.6. The molecule has 0 spiro atoms. The lowest BCUT2D eigenvalue weighted by molar-refractivity contribution is -0.384. The molecular formula is C13H22N4O2. The molecule has 0 aliphatic carbocycles. The third kappa shape index (κ3) is 5.78. The van der Waals surface area contributed by atoms with E-state index in [1.54, 1.807) is 12.1 Å². The topological polar surface area (TPSA) is 107 Å². The highest BCUT2D eigenvalue weighted by Gasteiger charge is 2.08. The minimum Gasteiger partial charge on any atom is -0.330 e. The van der Waals surface area contributed by atoms with Crippen LogP contribution in [-0.2, 0) is 6.42 Å². The van der Waals surface area contributed by atoms with Gasteiger partial charge in [0.25, 0.3) is 5.69 Å². The lowest BCUT2D eigenvalue weighted by atomic mass is 10.1. The zero-order chi connectivity index (χ0) is 14.3. The van der Waals surface area contributed by atoms with Crippen molar-refractivity contribution in [3.8, 4) is 0 Å². The molecule has 1 rings (SSSR count). The molecule has 1 aromatic rings. The van der Waals surface area contributed by atoms with E-state index in [1.165, 1.54) is 12.1 Å². The molecule has 0 radical (unpaired) electrons. The lowest BCUT2D eigenvalue weighted by Crippen LogP contribution is -2.38. The first-order valence-corrected chi connectivity index (χ1v) is 6.42. The first kappa shape index (κ1) is 15.6. The Labute approximate surface area is 113 Å². The molecule has 0 fully saturated rings. The Bertz CT molecular complexity index is 394. The van der Waals surface area contributed by atoms with Crippen molar-refractivity contribution in [2.75, 3.05) is 19.6 Å². The van der Waals surface area contributed by atoms with Gasteiger partial charge in [0.1, 0.15) is 0 Å². The van der Waals surface area contributed by atoms with E-state index >= 15 is 0 Å². The normalized spacial score (nSPS) is 14.1. The van der Waals surface area contributed by atoms with Gasteiger partial charge in [0.2, 0.25) is 0 Å². The monoisotopic (exact) mass is 266 g/mol. The largest absolute Gasteiger partial charge is 0.330 e. The van der Waals surface area contributed by atoms with E-state index in [4.69, 9.17) is 11.5 Å². The molecule has 0 saturated carbocycles. The quantitative estimate of drug-likeness (QED) is 0.473. The van der Waals surface area contributed by atoms with Crippen LogP contribution in [0.1, 0.15) is 12.5 Å². The molecule has 6 heteroatoms. The third-order valence-electron chi connectivity index (χ3n) is 2.95. The number of nitrogens with zero attached hydrogens (tertiary/aromatic N) is 1. The van der Waals surface area contributed by atoms with Crippen molar-refractivity contribution in [1.82, 2.24) is 5.32 Å². The molecule has 6 nitrogen and oxygen atoms in total. The Hall–Kier alpha value is -1.50. The van der Waals surface area contributed by atoms with Crippen molar-refractivity contribution < 1.29 is 4.92 Å². The molecule has 0 amide bonds. The van der Waals surface area contributed by atoms with Gasteiger partial charge in [-0.15, -0.1) is 0 Å². The summed E-state index contributed by atoms with van der Waals surface area (Å²) in [6, 6.07) is 6.50. The Morgan fingerprint density at radius 2 is 1.95 bits per heavy atom. The third-order valence-corrected chi connectivity index (χ3v) is 2.95. The fourth-order valence-electron chi connectivity index (χ4n) is 1.73. The fourth-order valence-corrected chi connectivity index (χ4v) is 1.73. The van der Waals surface area contributed by atoms with E-state index in [1.807, 2.05) is 0 Å². The highest BCUT2D eigenvalue weighted by Crippen LogP contribution is 2.12. The number of benzene rings is 1. The smallest absolute Gasteiger partial charge is 0.269 e. The number of nitro groups is 1. The van der Waals surface area contributed by atoms with Crippen LogP contribution in [0.5, 0.6) is 0 Å². The van der Waals surface area contributed by atoms with Crippen molar-refractivity contribution >= 4 is 5.69 Å². The standard InChI is InChI=1S/C13H22N4O2/c1-10(7-14)8-16-9-12(15)6-11-2-4-13(5-3-11)17(18)19/h2-5,10,12,16H,6-9,14-15H2,1H3. The maximum absolute atomic E-state index is 10.5. The van der Waals surface area contributed by atoms with Crippen LogP contribution in [0.4, 0.5) is 5.69 Å². The van der Waals surface area contributed by atoms with Crippen molar-refractivity contribution in [3.63, 3.8) is 0 Å². The Balaban J connectivity index is 2.35. The Kier molecular flexibility index (Phi) is 6.41. The predicted octanol–water partition coefficient (Wildman–Crippen LogP) is 0.649.